The van der Waals surface area contributed by atoms with Crippen molar-refractivity contribution in [3.63, 3.8) is 0 Å². The van der Waals surface area contributed by atoms with Gasteiger partial charge in [-0.05, 0) is 19.1 Å². The number of hydrogen-bond acceptors (Lipinski definition) is 3. The monoisotopic (exact) mass is 381 g/mol. The van der Waals surface area contributed by atoms with E-state index < -0.39 is 0 Å². The number of aromatic amines is 1. The second-order valence-corrected chi connectivity index (χ2v) is 7.57. The standard InChI is InChI=1S/C21H24FN5O/c1-13(2)20-23-8-10-27(20)14(3)21(28)26-9-7-18-17(12-26)19(25-24-18)15-5-4-6-16(22)11-15/h4-6,8,10-11,13-14H,7,9,12H2,1-3H3,(H,24,25)/t14-/m0/s1. The first-order chi connectivity index (χ1) is 13.5. The van der Waals surface area contributed by atoms with Gasteiger partial charge in [0.25, 0.3) is 0 Å². The van der Waals surface area contributed by atoms with Crippen molar-refractivity contribution in [2.45, 2.75) is 45.7 Å². The summed E-state index contributed by atoms with van der Waals surface area (Å²) in [6, 6.07) is 6.07. The predicted molar refractivity (Wildman–Crippen MR) is 104 cm³/mol. The SMILES string of the molecule is CC(C)c1nccn1[C@@H](C)C(=O)N1CCc2[nH]nc(-c3cccc(F)c3)c2C1. The van der Waals surface area contributed by atoms with Gasteiger partial charge in [0.1, 0.15) is 17.7 Å². The number of imidazole rings is 1. The third kappa shape index (κ3) is 3.21. The maximum Gasteiger partial charge on any atom is 0.245 e. The van der Waals surface area contributed by atoms with Crippen LogP contribution in [0.2, 0.25) is 0 Å². The topological polar surface area (TPSA) is 66.8 Å². The van der Waals surface area contributed by atoms with Gasteiger partial charge in [-0.3, -0.25) is 9.89 Å². The molecule has 7 heteroatoms. The Morgan fingerprint density at radius 2 is 2.11 bits per heavy atom. The molecule has 6 nitrogen and oxygen atoms in total. The molecule has 0 unspecified atom stereocenters. The summed E-state index contributed by atoms with van der Waals surface area (Å²) in [5, 5.41) is 7.45. The van der Waals surface area contributed by atoms with E-state index in [4.69, 9.17) is 0 Å². The van der Waals surface area contributed by atoms with Crippen LogP contribution in [0.25, 0.3) is 11.3 Å². The molecule has 1 atom stereocenters. The number of nitrogens with one attached hydrogen (secondary N) is 1. The van der Waals surface area contributed by atoms with Gasteiger partial charge in [0, 0.05) is 54.6 Å². The van der Waals surface area contributed by atoms with Crippen molar-refractivity contribution < 1.29 is 9.18 Å². The van der Waals surface area contributed by atoms with Gasteiger partial charge in [-0.1, -0.05) is 26.0 Å². The zero-order valence-corrected chi connectivity index (χ0v) is 16.3. The van der Waals surface area contributed by atoms with E-state index in [0.717, 1.165) is 22.6 Å². The zero-order valence-electron chi connectivity index (χ0n) is 16.3. The fraction of sp³-hybridized carbons (Fsp3) is 0.381. The molecule has 0 bridgehead atoms. The quantitative estimate of drug-likeness (QED) is 0.750. The molecule has 0 radical (unpaired) electrons. The highest BCUT2D eigenvalue weighted by Gasteiger charge is 2.29. The first-order valence-electron chi connectivity index (χ1n) is 9.59. The van der Waals surface area contributed by atoms with E-state index >= 15 is 0 Å². The Morgan fingerprint density at radius 1 is 1.29 bits per heavy atom. The summed E-state index contributed by atoms with van der Waals surface area (Å²) >= 11 is 0. The van der Waals surface area contributed by atoms with Gasteiger partial charge in [0.05, 0.1) is 5.69 Å². The lowest BCUT2D eigenvalue weighted by atomic mass is 10.0. The molecular weight excluding hydrogens is 357 g/mol. The van der Waals surface area contributed by atoms with E-state index in [1.807, 2.05) is 28.7 Å². The Balaban J connectivity index is 1.59. The maximum atomic E-state index is 13.7. The number of rotatable bonds is 4. The molecule has 0 saturated heterocycles. The first-order valence-corrected chi connectivity index (χ1v) is 9.59. The summed E-state index contributed by atoms with van der Waals surface area (Å²) < 4.78 is 15.6. The van der Waals surface area contributed by atoms with Crippen molar-refractivity contribution in [1.29, 1.82) is 0 Å². The van der Waals surface area contributed by atoms with E-state index in [1.54, 1.807) is 12.3 Å². The molecule has 2 aromatic heterocycles. The normalized spacial score (nSPS) is 15.0. The highest BCUT2D eigenvalue weighted by Crippen LogP contribution is 2.30. The largest absolute Gasteiger partial charge is 0.336 e. The molecule has 1 aliphatic rings. The van der Waals surface area contributed by atoms with Crippen LogP contribution in [0.4, 0.5) is 4.39 Å². The van der Waals surface area contributed by atoms with Crippen molar-refractivity contribution in [2.75, 3.05) is 6.54 Å². The number of halogens is 1. The molecule has 3 heterocycles. The van der Waals surface area contributed by atoms with Crippen molar-refractivity contribution in [3.05, 3.63) is 59.6 Å². The Bertz CT molecular complexity index is 1010. The average Bonchev–Trinajstić information content (AvgIpc) is 3.33. The van der Waals surface area contributed by atoms with Gasteiger partial charge in [-0.25, -0.2) is 9.37 Å². The van der Waals surface area contributed by atoms with E-state index in [2.05, 4.69) is 29.0 Å². The van der Waals surface area contributed by atoms with E-state index in [1.165, 1.54) is 12.1 Å². The smallest absolute Gasteiger partial charge is 0.245 e. The Hall–Kier alpha value is -2.96. The number of fused-ring (bicyclic) bond motifs is 1. The number of hydrogen-bond donors (Lipinski definition) is 1. The molecule has 0 aliphatic carbocycles. The highest BCUT2D eigenvalue weighted by molar-refractivity contribution is 5.81. The first kappa shape index (κ1) is 18.4. The van der Waals surface area contributed by atoms with Gasteiger partial charge >= 0.3 is 0 Å². The number of nitrogens with zero attached hydrogens (tertiary/aromatic N) is 4. The number of aromatic nitrogens is 4. The van der Waals surface area contributed by atoms with Crippen LogP contribution >= 0.6 is 0 Å². The molecule has 1 amide bonds. The number of amides is 1. The predicted octanol–water partition coefficient (Wildman–Crippen LogP) is 3.68. The molecule has 4 rings (SSSR count). The summed E-state index contributed by atoms with van der Waals surface area (Å²) in [6.45, 7) is 7.15. The van der Waals surface area contributed by atoms with Gasteiger partial charge < -0.3 is 9.47 Å². The van der Waals surface area contributed by atoms with Gasteiger partial charge in [0.15, 0.2) is 0 Å². The fourth-order valence-corrected chi connectivity index (χ4v) is 3.84. The third-order valence-electron chi connectivity index (χ3n) is 5.33. The summed E-state index contributed by atoms with van der Waals surface area (Å²) in [7, 11) is 0. The molecule has 1 aromatic carbocycles. The number of carbonyl (C=O) groups is 1. The van der Waals surface area contributed by atoms with Crippen LogP contribution in [-0.4, -0.2) is 37.1 Å². The van der Waals surface area contributed by atoms with E-state index in [9.17, 15) is 9.18 Å². The van der Waals surface area contributed by atoms with E-state index in [0.29, 0.717) is 25.2 Å². The van der Waals surface area contributed by atoms with E-state index in [-0.39, 0.29) is 23.7 Å². The number of H-pyrrole nitrogens is 1. The lowest BCUT2D eigenvalue weighted by Gasteiger charge is -2.30. The minimum absolute atomic E-state index is 0.0527. The minimum Gasteiger partial charge on any atom is -0.336 e. The van der Waals surface area contributed by atoms with Crippen molar-refractivity contribution in [1.82, 2.24) is 24.6 Å². The summed E-state index contributed by atoms with van der Waals surface area (Å²) in [5.74, 6) is 0.902. The zero-order chi connectivity index (χ0) is 19.8. The molecule has 3 aromatic rings. The summed E-state index contributed by atoms with van der Waals surface area (Å²) in [6.07, 6.45) is 4.31. The second-order valence-electron chi connectivity index (χ2n) is 7.57. The molecule has 0 spiro atoms. The third-order valence-corrected chi connectivity index (χ3v) is 5.33. The molecular formula is C21H24FN5O. The molecule has 1 N–H and O–H groups in total. The Labute approximate surface area is 163 Å². The lowest BCUT2D eigenvalue weighted by molar-refractivity contribution is -0.135. The summed E-state index contributed by atoms with van der Waals surface area (Å²) in [5.41, 5.74) is 3.41. The van der Waals surface area contributed by atoms with Gasteiger partial charge in [0.2, 0.25) is 5.91 Å². The van der Waals surface area contributed by atoms with Gasteiger partial charge in [-0.2, -0.15) is 5.10 Å². The van der Waals surface area contributed by atoms with Crippen LogP contribution < -0.4 is 0 Å². The second kappa shape index (κ2) is 7.22. The van der Waals surface area contributed by atoms with Crippen LogP contribution in [0.3, 0.4) is 0 Å². The van der Waals surface area contributed by atoms with Gasteiger partial charge in [-0.15, -0.1) is 0 Å². The summed E-state index contributed by atoms with van der Waals surface area (Å²) in [4.78, 5) is 19.4. The number of benzene rings is 1. The fourth-order valence-electron chi connectivity index (χ4n) is 3.84. The molecule has 0 saturated carbocycles. The Morgan fingerprint density at radius 3 is 2.86 bits per heavy atom. The van der Waals surface area contributed by atoms with Crippen molar-refractivity contribution >= 4 is 5.91 Å². The van der Waals surface area contributed by atoms with Crippen LogP contribution in [-0.2, 0) is 17.8 Å². The molecule has 1 aliphatic heterocycles. The molecule has 28 heavy (non-hydrogen) atoms. The Kier molecular flexibility index (Phi) is 4.75. The van der Waals surface area contributed by atoms with Crippen molar-refractivity contribution in [3.8, 4) is 11.3 Å². The van der Waals surface area contributed by atoms with Crippen LogP contribution in [0, 0.1) is 5.82 Å². The van der Waals surface area contributed by atoms with Crippen molar-refractivity contribution in [2.24, 2.45) is 0 Å². The average molecular weight is 381 g/mol. The lowest BCUT2D eigenvalue weighted by Crippen LogP contribution is -2.40. The highest BCUT2D eigenvalue weighted by atomic mass is 19.1. The van der Waals surface area contributed by atoms with Crippen LogP contribution in [0.1, 0.15) is 49.8 Å². The molecule has 0 fully saturated rings. The van der Waals surface area contributed by atoms with Crippen LogP contribution in [0.5, 0.6) is 0 Å². The number of carbonyl (C=O) groups excluding carboxylic acids is 1. The minimum atomic E-state index is -0.328. The molecule has 146 valence electrons. The van der Waals surface area contributed by atoms with Crippen LogP contribution in [0.15, 0.2) is 36.7 Å². The maximum absolute atomic E-state index is 13.7.